The minimum absolute atomic E-state index is 0.0136. The first-order chi connectivity index (χ1) is 29.7. The maximum atomic E-state index is 16.1. The first-order valence-corrected chi connectivity index (χ1v) is 20.2. The maximum absolute atomic E-state index is 16.1. The van der Waals surface area contributed by atoms with E-state index in [0.29, 0.717) is 29.0 Å². The summed E-state index contributed by atoms with van der Waals surface area (Å²) in [6.07, 6.45) is -1.35. The number of benzene rings is 5. The van der Waals surface area contributed by atoms with Gasteiger partial charge >= 0.3 is 12.1 Å². The van der Waals surface area contributed by atoms with Crippen molar-refractivity contribution in [2.75, 3.05) is 46.0 Å². The van der Waals surface area contributed by atoms with Crippen LogP contribution in [0.2, 0.25) is 0 Å². The predicted molar refractivity (Wildman–Crippen MR) is 222 cm³/mol. The lowest BCUT2D eigenvalue weighted by molar-refractivity contribution is -0.179. The standard InChI is InChI=1S/C48H45N3O10/c1-57-24-25-60-47(56)50-36-17-11-10-16-35(36)48(46(50)55)39(44(53)49-23-22-32-26-37(58-2)38(59-3)27-33(32)28-49)41-45(54)61-42(30-14-8-5-9-15-30)40(29-12-6-4-7-13-29)51(41)43(48)31-18-20-34(52)21-19-31/h4-21,26-27,39-43,52H,22-25,28H2,1-3H3. The summed E-state index contributed by atoms with van der Waals surface area (Å²) in [5, 5.41) is 10.6. The lowest BCUT2D eigenvalue weighted by Crippen LogP contribution is -2.57. The van der Waals surface area contributed by atoms with Crippen LogP contribution >= 0.6 is 0 Å². The van der Waals surface area contributed by atoms with Crippen LogP contribution < -0.4 is 14.4 Å². The number of esters is 1. The van der Waals surface area contributed by atoms with E-state index in [0.717, 1.165) is 27.2 Å². The Bertz CT molecular complexity index is 2480. The highest BCUT2D eigenvalue weighted by Gasteiger charge is 2.76. The van der Waals surface area contributed by atoms with Crippen molar-refractivity contribution in [3.8, 4) is 17.2 Å². The van der Waals surface area contributed by atoms with Gasteiger partial charge in [0, 0.05) is 20.2 Å². The molecule has 5 aromatic rings. The van der Waals surface area contributed by atoms with Gasteiger partial charge in [0.05, 0.1) is 44.5 Å². The fraction of sp³-hybridized carbons (Fsp3) is 0.292. The van der Waals surface area contributed by atoms with Crippen LogP contribution in [-0.4, -0.2) is 85.9 Å². The van der Waals surface area contributed by atoms with Crippen LogP contribution in [0.5, 0.6) is 17.2 Å². The predicted octanol–water partition coefficient (Wildman–Crippen LogP) is 6.44. The van der Waals surface area contributed by atoms with Gasteiger partial charge in [0.15, 0.2) is 11.5 Å². The lowest BCUT2D eigenvalue weighted by atomic mass is 9.65. The van der Waals surface area contributed by atoms with Gasteiger partial charge in [0.25, 0.3) is 0 Å². The number of nitrogens with zero attached hydrogens (tertiary/aromatic N) is 3. The van der Waals surface area contributed by atoms with Gasteiger partial charge in [0.1, 0.15) is 29.9 Å². The molecule has 0 bridgehead atoms. The third kappa shape index (κ3) is 6.38. The number of morpholine rings is 1. The van der Waals surface area contributed by atoms with E-state index in [1.807, 2.05) is 77.7 Å². The van der Waals surface area contributed by atoms with Crippen LogP contribution in [0.15, 0.2) is 121 Å². The molecule has 4 aliphatic heterocycles. The number of amides is 3. The summed E-state index contributed by atoms with van der Waals surface area (Å²) in [7, 11) is 4.59. The third-order valence-electron chi connectivity index (χ3n) is 12.6. The molecule has 4 heterocycles. The lowest BCUT2D eigenvalue weighted by Gasteiger charge is -2.46. The number of hydrogen-bond donors (Lipinski definition) is 1. The summed E-state index contributed by atoms with van der Waals surface area (Å²) < 4.78 is 28.6. The second kappa shape index (κ2) is 16.1. The third-order valence-corrected chi connectivity index (χ3v) is 12.6. The highest BCUT2D eigenvalue weighted by atomic mass is 16.6. The first-order valence-electron chi connectivity index (χ1n) is 20.2. The van der Waals surface area contributed by atoms with Crippen molar-refractivity contribution in [2.45, 2.75) is 42.6 Å². The zero-order valence-electron chi connectivity index (χ0n) is 33.9. The molecule has 6 unspecified atom stereocenters. The zero-order valence-corrected chi connectivity index (χ0v) is 33.9. The number of fused-ring (bicyclic) bond motifs is 4. The van der Waals surface area contributed by atoms with Gasteiger partial charge in [-0.05, 0) is 70.1 Å². The first kappa shape index (κ1) is 39.7. The Morgan fingerprint density at radius 2 is 1.39 bits per heavy atom. The highest BCUT2D eigenvalue weighted by molar-refractivity contribution is 6.23. The zero-order chi connectivity index (χ0) is 42.4. The number of phenols is 1. The van der Waals surface area contributed by atoms with Gasteiger partial charge < -0.3 is 33.7 Å². The number of imide groups is 1. The number of aromatic hydroxyl groups is 1. The quantitative estimate of drug-likeness (QED) is 0.130. The van der Waals surface area contributed by atoms with E-state index in [9.17, 15) is 9.90 Å². The second-order valence-corrected chi connectivity index (χ2v) is 15.6. The van der Waals surface area contributed by atoms with Gasteiger partial charge in [-0.15, -0.1) is 0 Å². The van der Waals surface area contributed by atoms with E-state index in [4.69, 9.17) is 23.7 Å². The Kier molecular flexibility index (Phi) is 10.5. The van der Waals surface area contributed by atoms with E-state index in [-0.39, 0.29) is 37.7 Å². The number of cyclic esters (lactones) is 1. The number of hydrogen-bond acceptors (Lipinski definition) is 11. The Balaban J connectivity index is 1.30. The van der Waals surface area contributed by atoms with Gasteiger partial charge in [0.2, 0.25) is 11.8 Å². The number of phenolic OH excluding ortho intramolecular Hbond substituents is 1. The molecule has 0 aromatic heterocycles. The van der Waals surface area contributed by atoms with Crippen LogP contribution in [0.25, 0.3) is 0 Å². The van der Waals surface area contributed by atoms with E-state index in [1.54, 1.807) is 55.5 Å². The van der Waals surface area contributed by atoms with E-state index in [2.05, 4.69) is 0 Å². The van der Waals surface area contributed by atoms with Crippen LogP contribution in [0, 0.1) is 5.92 Å². The molecule has 4 aliphatic rings. The van der Waals surface area contributed by atoms with Crippen molar-refractivity contribution in [1.82, 2.24) is 9.80 Å². The number of anilines is 1. The van der Waals surface area contributed by atoms with Gasteiger partial charge in [-0.25, -0.2) is 9.69 Å². The summed E-state index contributed by atoms with van der Waals surface area (Å²) in [5.41, 5.74) is 2.55. The van der Waals surface area contributed by atoms with Gasteiger partial charge in [-0.2, -0.15) is 0 Å². The summed E-state index contributed by atoms with van der Waals surface area (Å²) in [5.74, 6) is -2.23. The molecular formula is C48H45N3O10. The minimum atomic E-state index is -1.91. The van der Waals surface area contributed by atoms with Crippen LogP contribution in [-0.2, 0) is 47.0 Å². The fourth-order valence-corrected chi connectivity index (χ4v) is 10.0. The summed E-state index contributed by atoms with van der Waals surface area (Å²) in [6, 6.07) is 32.9. The van der Waals surface area contributed by atoms with Gasteiger partial charge in [-0.3, -0.25) is 19.3 Å². The summed E-state index contributed by atoms with van der Waals surface area (Å²) in [4.78, 5) is 66.2. The molecule has 1 N–H and O–H groups in total. The van der Waals surface area contributed by atoms with Crippen molar-refractivity contribution in [2.24, 2.45) is 5.92 Å². The number of para-hydroxylation sites is 1. The molecule has 13 heteroatoms. The Hall–Kier alpha value is -6.70. The molecule has 6 atom stereocenters. The molecule has 13 nitrogen and oxygen atoms in total. The number of methoxy groups -OCH3 is 3. The molecule has 61 heavy (non-hydrogen) atoms. The Morgan fingerprint density at radius 3 is 2.07 bits per heavy atom. The van der Waals surface area contributed by atoms with E-state index < -0.39 is 59.4 Å². The molecule has 1 spiro atoms. The van der Waals surface area contributed by atoms with Crippen molar-refractivity contribution in [1.29, 1.82) is 0 Å². The molecule has 0 saturated carbocycles. The average molecular weight is 824 g/mol. The Morgan fingerprint density at radius 1 is 0.754 bits per heavy atom. The van der Waals surface area contributed by atoms with Crippen LogP contribution in [0.4, 0.5) is 10.5 Å². The highest BCUT2D eigenvalue weighted by Crippen LogP contribution is 2.66. The molecule has 0 aliphatic carbocycles. The van der Waals surface area contributed by atoms with E-state index in [1.165, 1.54) is 19.2 Å². The molecular weight excluding hydrogens is 779 g/mol. The number of carbonyl (C=O) groups is 4. The molecule has 3 amide bonds. The average Bonchev–Trinajstić information content (AvgIpc) is 3.75. The molecule has 9 rings (SSSR count). The van der Waals surface area contributed by atoms with Gasteiger partial charge in [-0.1, -0.05) is 91.0 Å². The largest absolute Gasteiger partial charge is 0.508 e. The molecule has 312 valence electrons. The minimum Gasteiger partial charge on any atom is -0.508 e. The maximum Gasteiger partial charge on any atom is 0.421 e. The normalized spacial score (nSPS) is 24.1. The topological polar surface area (TPSA) is 144 Å². The molecule has 5 aromatic carbocycles. The second-order valence-electron chi connectivity index (χ2n) is 15.6. The number of rotatable bonds is 9. The van der Waals surface area contributed by atoms with Crippen LogP contribution in [0.3, 0.4) is 0 Å². The number of ether oxygens (including phenoxy) is 5. The van der Waals surface area contributed by atoms with Crippen molar-refractivity contribution in [3.05, 3.63) is 155 Å². The van der Waals surface area contributed by atoms with Crippen molar-refractivity contribution < 1.29 is 48.0 Å². The molecule has 0 radical (unpaired) electrons. The molecule has 2 fully saturated rings. The van der Waals surface area contributed by atoms with Crippen molar-refractivity contribution >= 4 is 29.6 Å². The Labute approximate surface area is 352 Å². The molecule has 2 saturated heterocycles. The van der Waals surface area contributed by atoms with E-state index >= 15 is 14.4 Å². The van der Waals surface area contributed by atoms with Crippen LogP contribution in [0.1, 0.15) is 51.6 Å². The number of carbonyl (C=O) groups excluding carboxylic acids is 4. The fourth-order valence-electron chi connectivity index (χ4n) is 10.0. The smallest absolute Gasteiger partial charge is 0.421 e. The SMILES string of the molecule is COCCOC(=O)N1C(=O)C2(c3ccccc31)C(C(=O)N1CCc3cc(OC)c(OC)cc3C1)C1C(=O)OC(c3ccccc3)C(c3ccccc3)N1C2c1ccc(O)cc1. The summed E-state index contributed by atoms with van der Waals surface area (Å²) >= 11 is 0. The summed E-state index contributed by atoms with van der Waals surface area (Å²) in [6.45, 7) is 0.384. The monoisotopic (exact) mass is 823 g/mol. The van der Waals surface area contributed by atoms with Crippen molar-refractivity contribution in [3.63, 3.8) is 0 Å².